The summed E-state index contributed by atoms with van der Waals surface area (Å²) in [5.41, 5.74) is 0. The molecule has 3 nitrogen and oxygen atoms in total. The first-order valence-electron chi connectivity index (χ1n) is 8.40. The molecule has 0 spiro atoms. The fourth-order valence-corrected chi connectivity index (χ4v) is 4.51. The van der Waals surface area contributed by atoms with Crippen LogP contribution in [0.2, 0.25) is 0 Å². The second-order valence-corrected chi connectivity index (χ2v) is 8.27. The van der Waals surface area contributed by atoms with Crippen molar-refractivity contribution < 1.29 is 4.79 Å². The lowest BCUT2D eigenvalue weighted by Crippen LogP contribution is -2.43. The van der Waals surface area contributed by atoms with E-state index < -0.39 is 0 Å². The minimum absolute atomic E-state index is 0.104. The van der Waals surface area contributed by atoms with Crippen LogP contribution in [0.15, 0.2) is 35.2 Å². The van der Waals surface area contributed by atoms with Crippen LogP contribution in [0.1, 0.15) is 45.4 Å². The van der Waals surface area contributed by atoms with Crippen molar-refractivity contribution in [2.24, 2.45) is 0 Å². The molecule has 0 radical (unpaired) electrons. The number of hydrogen-bond donors (Lipinski definition) is 2. The molecule has 120 valence electrons. The van der Waals surface area contributed by atoms with Gasteiger partial charge >= 0.3 is 0 Å². The van der Waals surface area contributed by atoms with Crippen molar-refractivity contribution in [3.8, 4) is 0 Å². The predicted molar refractivity (Wildman–Crippen MR) is 92.1 cm³/mol. The Bertz CT molecular complexity index is 493. The molecule has 2 saturated carbocycles. The Hall–Kier alpha value is -1.00. The van der Waals surface area contributed by atoms with E-state index in [-0.39, 0.29) is 5.91 Å². The lowest BCUT2D eigenvalue weighted by atomic mass is 9.91. The van der Waals surface area contributed by atoms with Crippen LogP contribution < -0.4 is 10.6 Å². The zero-order valence-corrected chi connectivity index (χ0v) is 14.1. The Kier molecular flexibility index (Phi) is 5.09. The quantitative estimate of drug-likeness (QED) is 0.845. The van der Waals surface area contributed by atoms with Crippen molar-refractivity contribution in [3.05, 3.63) is 30.3 Å². The van der Waals surface area contributed by atoms with Crippen LogP contribution >= 0.6 is 11.8 Å². The highest BCUT2D eigenvalue weighted by Crippen LogP contribution is 2.51. The molecule has 0 aliphatic heterocycles. The minimum Gasteiger partial charge on any atom is -0.354 e. The summed E-state index contributed by atoms with van der Waals surface area (Å²) < 4.78 is 0.426. The summed E-state index contributed by atoms with van der Waals surface area (Å²) in [5.74, 6) is 0.104. The summed E-state index contributed by atoms with van der Waals surface area (Å²) in [4.78, 5) is 12.5. The Morgan fingerprint density at radius 1 is 1.14 bits per heavy atom. The molecule has 0 saturated heterocycles. The van der Waals surface area contributed by atoms with Gasteiger partial charge in [0.15, 0.2) is 0 Å². The van der Waals surface area contributed by atoms with Gasteiger partial charge in [0, 0.05) is 35.2 Å². The molecule has 2 aliphatic rings. The maximum Gasteiger partial charge on any atom is 0.217 e. The van der Waals surface area contributed by atoms with Gasteiger partial charge in [0.1, 0.15) is 0 Å². The minimum atomic E-state index is 0.104. The molecule has 1 aromatic rings. The molecule has 22 heavy (non-hydrogen) atoms. The van der Waals surface area contributed by atoms with Crippen molar-refractivity contribution in [2.45, 2.75) is 67.2 Å². The number of rotatable bonds is 6. The molecule has 2 fully saturated rings. The van der Waals surface area contributed by atoms with E-state index in [0.29, 0.717) is 16.8 Å². The number of hydrogen-bond acceptors (Lipinski definition) is 3. The van der Waals surface area contributed by atoms with E-state index in [0.717, 1.165) is 19.4 Å². The highest BCUT2D eigenvalue weighted by molar-refractivity contribution is 8.01. The fourth-order valence-electron chi connectivity index (χ4n) is 3.25. The van der Waals surface area contributed by atoms with Crippen LogP contribution in [0.4, 0.5) is 0 Å². The molecule has 0 bridgehead atoms. The molecule has 3 rings (SSSR count). The van der Waals surface area contributed by atoms with Crippen LogP contribution in [0.25, 0.3) is 0 Å². The van der Waals surface area contributed by atoms with Gasteiger partial charge in [-0.05, 0) is 50.7 Å². The molecular weight excluding hydrogens is 292 g/mol. The maximum atomic E-state index is 11.1. The van der Waals surface area contributed by atoms with Crippen molar-refractivity contribution >= 4 is 17.7 Å². The average Bonchev–Trinajstić information content (AvgIpc) is 3.27. The predicted octanol–water partition coefficient (Wildman–Crippen LogP) is 3.35. The smallest absolute Gasteiger partial charge is 0.217 e. The summed E-state index contributed by atoms with van der Waals surface area (Å²) in [6.07, 6.45) is 7.21. The van der Waals surface area contributed by atoms with Crippen molar-refractivity contribution in [1.82, 2.24) is 10.6 Å². The van der Waals surface area contributed by atoms with Crippen molar-refractivity contribution in [2.75, 3.05) is 6.54 Å². The van der Waals surface area contributed by atoms with Gasteiger partial charge in [0.05, 0.1) is 0 Å². The molecule has 0 heterocycles. The van der Waals surface area contributed by atoms with Crippen LogP contribution in [0.3, 0.4) is 0 Å². The molecular formula is C18H26N2OS. The largest absolute Gasteiger partial charge is 0.354 e. The third-order valence-electron chi connectivity index (χ3n) is 4.73. The second-order valence-electron chi connectivity index (χ2n) is 6.73. The first-order valence-corrected chi connectivity index (χ1v) is 9.21. The SMILES string of the molecule is CC(=O)NC1CCC(NCC2(Sc3ccccc3)CC2)CC1. The molecule has 4 heteroatoms. The Morgan fingerprint density at radius 2 is 1.77 bits per heavy atom. The van der Waals surface area contributed by atoms with Gasteiger partial charge in [0.25, 0.3) is 0 Å². The number of amides is 1. The Balaban J connectivity index is 1.41. The van der Waals surface area contributed by atoms with E-state index in [9.17, 15) is 4.79 Å². The first-order chi connectivity index (χ1) is 10.7. The number of nitrogens with one attached hydrogen (secondary N) is 2. The highest BCUT2D eigenvalue weighted by atomic mass is 32.2. The Morgan fingerprint density at radius 3 is 2.36 bits per heavy atom. The fraction of sp³-hybridized carbons (Fsp3) is 0.611. The molecule has 1 aromatic carbocycles. The van der Waals surface area contributed by atoms with E-state index in [4.69, 9.17) is 0 Å². The monoisotopic (exact) mass is 318 g/mol. The molecule has 1 amide bonds. The molecule has 0 unspecified atom stereocenters. The van der Waals surface area contributed by atoms with Gasteiger partial charge in [-0.25, -0.2) is 0 Å². The summed E-state index contributed by atoms with van der Waals surface area (Å²) in [5, 5.41) is 6.83. The van der Waals surface area contributed by atoms with Crippen molar-refractivity contribution in [3.63, 3.8) is 0 Å². The van der Waals surface area contributed by atoms with Gasteiger partial charge in [-0.3, -0.25) is 4.79 Å². The lowest BCUT2D eigenvalue weighted by molar-refractivity contribution is -0.119. The normalized spacial score (nSPS) is 26.4. The van der Waals surface area contributed by atoms with Crippen LogP contribution in [-0.4, -0.2) is 29.3 Å². The molecule has 2 aliphatic carbocycles. The molecule has 2 N–H and O–H groups in total. The third-order valence-corrected chi connectivity index (χ3v) is 6.23. The zero-order valence-electron chi connectivity index (χ0n) is 13.3. The summed E-state index contributed by atoms with van der Waals surface area (Å²) in [7, 11) is 0. The summed E-state index contributed by atoms with van der Waals surface area (Å²) in [6, 6.07) is 11.8. The van der Waals surface area contributed by atoms with E-state index in [1.165, 1.54) is 30.6 Å². The van der Waals surface area contributed by atoms with Gasteiger partial charge in [-0.1, -0.05) is 18.2 Å². The highest BCUT2D eigenvalue weighted by Gasteiger charge is 2.43. The van der Waals surface area contributed by atoms with Crippen molar-refractivity contribution in [1.29, 1.82) is 0 Å². The molecule has 0 aromatic heterocycles. The number of carbonyl (C=O) groups excluding carboxylic acids is 1. The van der Waals surface area contributed by atoms with E-state index in [1.807, 2.05) is 11.8 Å². The second kappa shape index (κ2) is 7.05. The van der Waals surface area contributed by atoms with Crippen LogP contribution in [-0.2, 0) is 4.79 Å². The van der Waals surface area contributed by atoms with Crippen LogP contribution in [0, 0.1) is 0 Å². The van der Waals surface area contributed by atoms with E-state index >= 15 is 0 Å². The lowest BCUT2D eigenvalue weighted by Gasteiger charge is -2.30. The molecule has 0 atom stereocenters. The van der Waals surface area contributed by atoms with Crippen LogP contribution in [0.5, 0.6) is 0 Å². The van der Waals surface area contributed by atoms with E-state index in [2.05, 4.69) is 41.0 Å². The van der Waals surface area contributed by atoms with Gasteiger partial charge in [-0.2, -0.15) is 0 Å². The topological polar surface area (TPSA) is 41.1 Å². The maximum absolute atomic E-state index is 11.1. The number of benzene rings is 1. The summed E-state index contributed by atoms with van der Waals surface area (Å²) >= 11 is 2.04. The van der Waals surface area contributed by atoms with Gasteiger partial charge in [0.2, 0.25) is 5.91 Å². The average molecular weight is 318 g/mol. The Labute approximate surface area is 137 Å². The number of thioether (sulfide) groups is 1. The van der Waals surface area contributed by atoms with E-state index in [1.54, 1.807) is 6.92 Å². The first kappa shape index (κ1) is 15.9. The standard InChI is InChI=1S/C18H26N2OS/c1-14(21)20-16-9-7-15(8-10-16)19-13-18(11-12-18)22-17-5-3-2-4-6-17/h2-6,15-16,19H,7-13H2,1H3,(H,20,21). The van der Waals surface area contributed by atoms with Gasteiger partial charge in [-0.15, -0.1) is 11.8 Å². The summed E-state index contributed by atoms with van der Waals surface area (Å²) in [6.45, 7) is 2.73. The zero-order chi connectivity index (χ0) is 15.4. The number of carbonyl (C=O) groups is 1. The third kappa shape index (κ3) is 4.50. The van der Waals surface area contributed by atoms with Gasteiger partial charge < -0.3 is 10.6 Å².